The number of aromatic hydroxyl groups is 1. The summed E-state index contributed by atoms with van der Waals surface area (Å²) in [6.07, 6.45) is 1.65. The fourth-order valence-electron chi connectivity index (χ4n) is 3.75. The van der Waals surface area contributed by atoms with E-state index in [4.69, 9.17) is 0 Å². The lowest BCUT2D eigenvalue weighted by Crippen LogP contribution is -2.25. The molecule has 3 heterocycles. The topological polar surface area (TPSA) is 111 Å². The number of phenolic OH excluding ortho intramolecular Hbond substituents is 1. The summed E-state index contributed by atoms with van der Waals surface area (Å²) in [5.74, 6) is -1.26. The number of phenols is 1. The molecule has 0 bridgehead atoms. The lowest BCUT2D eigenvalue weighted by molar-refractivity contribution is 0.0697. The van der Waals surface area contributed by atoms with Gasteiger partial charge in [-0.15, -0.1) is 0 Å². The Hall–Kier alpha value is -3.20. The Morgan fingerprint density at radius 1 is 1.36 bits per heavy atom. The summed E-state index contributed by atoms with van der Waals surface area (Å²) in [7, 11) is 0. The van der Waals surface area contributed by atoms with Crippen LogP contribution in [-0.4, -0.2) is 48.5 Å². The number of aromatic nitrogens is 3. The molecule has 1 fully saturated rings. The van der Waals surface area contributed by atoms with Crippen LogP contribution in [-0.2, 0) is 6.42 Å². The van der Waals surface area contributed by atoms with Crippen LogP contribution in [0.1, 0.15) is 41.0 Å². The minimum atomic E-state index is -1.11. The Labute approximate surface area is 159 Å². The predicted octanol–water partition coefficient (Wildman–Crippen LogP) is 2.15. The molecule has 0 radical (unpaired) electrons. The molecule has 3 aromatic rings. The number of nitrogens with zero attached hydrogens (tertiary/aromatic N) is 4. The maximum atomic E-state index is 13.7. The molecule has 3 N–H and O–H groups in total. The van der Waals surface area contributed by atoms with Gasteiger partial charge in [-0.1, -0.05) is 6.92 Å². The number of β-amino-alcohol motifs (C(OH)–C–C–N with tert-alkyl or cyclic N) is 1. The highest BCUT2D eigenvalue weighted by Crippen LogP contribution is 2.39. The number of aromatic carboxylic acids is 1. The second-order valence-corrected chi connectivity index (χ2v) is 6.80. The number of aryl methyl sites for hydroxylation is 1. The minimum absolute atomic E-state index is 0.0363. The van der Waals surface area contributed by atoms with E-state index >= 15 is 0 Å². The maximum absolute atomic E-state index is 13.7. The van der Waals surface area contributed by atoms with E-state index < -0.39 is 23.9 Å². The van der Waals surface area contributed by atoms with Gasteiger partial charge in [-0.25, -0.2) is 18.7 Å². The van der Waals surface area contributed by atoms with E-state index in [1.807, 2.05) is 6.92 Å². The number of halogens is 1. The number of hydrogen-bond donors (Lipinski definition) is 3. The van der Waals surface area contributed by atoms with Gasteiger partial charge in [0.2, 0.25) is 0 Å². The number of fused-ring (bicyclic) bond motifs is 1. The first-order chi connectivity index (χ1) is 13.4. The number of benzene rings is 1. The van der Waals surface area contributed by atoms with Gasteiger partial charge in [-0.2, -0.15) is 5.10 Å². The van der Waals surface area contributed by atoms with Gasteiger partial charge in [0.1, 0.15) is 22.9 Å². The third-order valence-electron chi connectivity index (χ3n) is 5.01. The number of carbonyl (C=O) groups is 1. The summed E-state index contributed by atoms with van der Waals surface area (Å²) in [6, 6.07) is 4.84. The second-order valence-electron chi connectivity index (χ2n) is 6.80. The number of carboxylic acid groups (broad SMARTS) is 1. The fourth-order valence-corrected chi connectivity index (χ4v) is 3.75. The zero-order chi connectivity index (χ0) is 20.0. The zero-order valence-corrected chi connectivity index (χ0v) is 15.1. The quantitative estimate of drug-likeness (QED) is 0.630. The molecule has 1 aliphatic rings. The van der Waals surface area contributed by atoms with Gasteiger partial charge in [0.25, 0.3) is 0 Å². The van der Waals surface area contributed by atoms with E-state index in [1.54, 1.807) is 17.2 Å². The molecule has 1 saturated heterocycles. The molecule has 2 atom stereocenters. The van der Waals surface area contributed by atoms with E-state index in [9.17, 15) is 24.5 Å². The lowest BCUT2D eigenvalue weighted by Gasteiger charge is -2.26. The number of hydrogen-bond acceptors (Lipinski definition) is 6. The smallest absolute Gasteiger partial charge is 0.341 e. The van der Waals surface area contributed by atoms with E-state index in [0.29, 0.717) is 23.5 Å². The number of aliphatic hydroxyl groups is 1. The molecule has 9 heteroatoms. The van der Waals surface area contributed by atoms with Gasteiger partial charge in [-0.05, 0) is 37.1 Å². The molecular weight excluding hydrogens is 367 g/mol. The molecule has 0 amide bonds. The molecule has 0 spiro atoms. The lowest BCUT2D eigenvalue weighted by atomic mass is 10.0. The van der Waals surface area contributed by atoms with Crippen molar-refractivity contribution in [3.8, 4) is 5.75 Å². The third kappa shape index (κ3) is 2.93. The van der Waals surface area contributed by atoms with Crippen LogP contribution in [0.2, 0.25) is 0 Å². The van der Waals surface area contributed by atoms with Gasteiger partial charge < -0.3 is 20.2 Å². The van der Waals surface area contributed by atoms with Crippen LogP contribution in [0.4, 0.5) is 10.2 Å². The van der Waals surface area contributed by atoms with Gasteiger partial charge in [-0.3, -0.25) is 0 Å². The van der Waals surface area contributed by atoms with Crippen LogP contribution < -0.4 is 4.90 Å². The molecule has 8 nitrogen and oxygen atoms in total. The Morgan fingerprint density at radius 2 is 2.14 bits per heavy atom. The SMILES string of the molecule is CCc1nn2ccc(N3CC(O)CC3c3cc(F)ccc3O)nc2c1C(=O)O. The average molecular weight is 386 g/mol. The summed E-state index contributed by atoms with van der Waals surface area (Å²) in [4.78, 5) is 17.9. The third-order valence-corrected chi connectivity index (χ3v) is 5.01. The van der Waals surface area contributed by atoms with Crippen molar-refractivity contribution >= 4 is 17.4 Å². The van der Waals surface area contributed by atoms with E-state index in [-0.39, 0.29) is 29.9 Å². The summed E-state index contributed by atoms with van der Waals surface area (Å²) in [6.45, 7) is 2.04. The summed E-state index contributed by atoms with van der Waals surface area (Å²) in [5, 5.41) is 34.2. The fraction of sp³-hybridized carbons (Fsp3) is 0.316. The standard InChI is InChI=1S/C19H19FN4O4/c1-2-13-17(19(27)28)18-21-16(5-6-24(18)22-13)23-9-11(25)8-14(23)12-7-10(20)3-4-15(12)26/h3-7,11,14,25-26H,2,8-9H2,1H3,(H,27,28). The molecule has 146 valence electrons. The first-order valence-electron chi connectivity index (χ1n) is 8.93. The number of rotatable bonds is 4. The molecule has 1 aliphatic heterocycles. The minimum Gasteiger partial charge on any atom is -0.508 e. The second kappa shape index (κ2) is 6.75. The molecule has 2 unspecified atom stereocenters. The van der Waals surface area contributed by atoms with Crippen LogP contribution in [0.15, 0.2) is 30.5 Å². The van der Waals surface area contributed by atoms with E-state index in [0.717, 1.165) is 6.07 Å². The van der Waals surface area contributed by atoms with Gasteiger partial charge in [0, 0.05) is 18.3 Å². The van der Waals surface area contributed by atoms with Crippen LogP contribution in [0.3, 0.4) is 0 Å². The van der Waals surface area contributed by atoms with Crippen molar-refractivity contribution in [1.82, 2.24) is 14.6 Å². The number of anilines is 1. The maximum Gasteiger partial charge on any atom is 0.341 e. The average Bonchev–Trinajstić information content (AvgIpc) is 3.23. The van der Waals surface area contributed by atoms with Gasteiger partial charge in [0.15, 0.2) is 5.65 Å². The highest BCUT2D eigenvalue weighted by atomic mass is 19.1. The molecule has 0 aliphatic carbocycles. The Bertz CT molecular complexity index is 1070. The Balaban J connectivity index is 1.82. The molecule has 28 heavy (non-hydrogen) atoms. The Kier molecular flexibility index (Phi) is 4.38. The molecule has 0 saturated carbocycles. The normalized spacial score (nSPS) is 19.5. The van der Waals surface area contributed by atoms with Crippen molar-refractivity contribution in [3.63, 3.8) is 0 Å². The largest absolute Gasteiger partial charge is 0.508 e. The van der Waals surface area contributed by atoms with E-state index in [2.05, 4.69) is 10.1 Å². The number of aliphatic hydroxyl groups excluding tert-OH is 1. The summed E-state index contributed by atoms with van der Waals surface area (Å²) in [5.41, 5.74) is 1.01. The van der Waals surface area contributed by atoms with Crippen molar-refractivity contribution in [1.29, 1.82) is 0 Å². The summed E-state index contributed by atoms with van der Waals surface area (Å²) < 4.78 is 15.1. The number of carboxylic acids is 1. The van der Waals surface area contributed by atoms with Crippen LogP contribution in [0, 0.1) is 5.82 Å². The zero-order valence-electron chi connectivity index (χ0n) is 15.1. The van der Waals surface area contributed by atoms with Gasteiger partial charge >= 0.3 is 5.97 Å². The summed E-state index contributed by atoms with van der Waals surface area (Å²) >= 11 is 0. The predicted molar refractivity (Wildman–Crippen MR) is 98.1 cm³/mol. The first kappa shape index (κ1) is 18.2. The highest BCUT2D eigenvalue weighted by molar-refractivity contribution is 5.96. The first-order valence-corrected chi connectivity index (χ1v) is 8.93. The van der Waals surface area contributed by atoms with Crippen LogP contribution in [0.5, 0.6) is 5.75 Å². The van der Waals surface area contributed by atoms with Crippen LogP contribution >= 0.6 is 0 Å². The van der Waals surface area contributed by atoms with E-state index in [1.165, 1.54) is 16.6 Å². The molecule has 2 aromatic heterocycles. The van der Waals surface area contributed by atoms with Crippen molar-refractivity contribution in [2.24, 2.45) is 0 Å². The molecule has 4 rings (SSSR count). The van der Waals surface area contributed by atoms with Crippen LogP contribution in [0.25, 0.3) is 5.65 Å². The molecule has 1 aromatic carbocycles. The Morgan fingerprint density at radius 3 is 2.86 bits per heavy atom. The highest BCUT2D eigenvalue weighted by Gasteiger charge is 2.35. The van der Waals surface area contributed by atoms with Gasteiger partial charge in [0.05, 0.1) is 17.8 Å². The van der Waals surface area contributed by atoms with Crippen molar-refractivity contribution < 1.29 is 24.5 Å². The molecular formula is C19H19FN4O4. The van der Waals surface area contributed by atoms with Crippen molar-refractivity contribution in [3.05, 3.63) is 53.1 Å². The van der Waals surface area contributed by atoms with Crippen molar-refractivity contribution in [2.45, 2.75) is 31.9 Å². The monoisotopic (exact) mass is 386 g/mol. The van der Waals surface area contributed by atoms with Crippen molar-refractivity contribution in [2.75, 3.05) is 11.4 Å².